The summed E-state index contributed by atoms with van der Waals surface area (Å²) in [6.45, 7) is 0. The SMILES string of the molecule is COc1cc(OC)c2cc3c(=O)[nH]c(=O)nc-3oc2c1. The highest BCUT2D eigenvalue weighted by molar-refractivity contribution is 5.88. The molecule has 0 fully saturated rings. The van der Waals surface area contributed by atoms with E-state index < -0.39 is 11.2 Å². The lowest BCUT2D eigenvalue weighted by molar-refractivity contribution is 0.396. The fourth-order valence-corrected chi connectivity index (χ4v) is 1.99. The number of nitrogens with one attached hydrogen (secondary N) is 1. The molecule has 0 amide bonds. The van der Waals surface area contributed by atoms with Gasteiger partial charge in [-0.25, -0.2) is 4.79 Å². The Morgan fingerprint density at radius 1 is 1.15 bits per heavy atom. The Bertz CT molecular complexity index is 880. The molecule has 0 unspecified atom stereocenters. The average Bonchev–Trinajstić information content (AvgIpc) is 2.44. The number of aromatic amines is 1. The summed E-state index contributed by atoms with van der Waals surface area (Å²) in [6.07, 6.45) is 0. The van der Waals surface area contributed by atoms with Crippen LogP contribution in [0.1, 0.15) is 0 Å². The Morgan fingerprint density at radius 2 is 1.95 bits per heavy atom. The molecule has 0 aliphatic carbocycles. The van der Waals surface area contributed by atoms with Crippen LogP contribution in [0.5, 0.6) is 11.5 Å². The van der Waals surface area contributed by atoms with Crippen molar-refractivity contribution < 1.29 is 13.9 Å². The Hall–Kier alpha value is -2.83. The summed E-state index contributed by atoms with van der Waals surface area (Å²) < 4.78 is 15.9. The first-order chi connectivity index (χ1) is 9.62. The molecule has 0 saturated carbocycles. The van der Waals surface area contributed by atoms with Crippen LogP contribution in [0.2, 0.25) is 0 Å². The van der Waals surface area contributed by atoms with Gasteiger partial charge in [-0.1, -0.05) is 0 Å². The van der Waals surface area contributed by atoms with Crippen LogP contribution in [0.4, 0.5) is 0 Å². The highest BCUT2D eigenvalue weighted by Crippen LogP contribution is 2.34. The van der Waals surface area contributed by atoms with E-state index >= 15 is 0 Å². The molecule has 3 rings (SSSR count). The number of fused-ring (bicyclic) bond motifs is 2. The van der Waals surface area contributed by atoms with Crippen LogP contribution in [0.25, 0.3) is 22.4 Å². The molecule has 102 valence electrons. The van der Waals surface area contributed by atoms with Crippen LogP contribution in [0.15, 0.2) is 32.2 Å². The maximum Gasteiger partial charge on any atom is 0.351 e. The third-order valence-electron chi connectivity index (χ3n) is 2.93. The number of methoxy groups -OCH3 is 2. The topological polar surface area (TPSA) is 94.4 Å². The fourth-order valence-electron chi connectivity index (χ4n) is 1.99. The van der Waals surface area contributed by atoms with Crippen LogP contribution in [-0.4, -0.2) is 24.2 Å². The maximum atomic E-state index is 11.7. The molecule has 0 saturated heterocycles. The van der Waals surface area contributed by atoms with Crippen molar-refractivity contribution in [3.63, 3.8) is 0 Å². The van der Waals surface area contributed by atoms with Crippen molar-refractivity contribution in [3.8, 4) is 23.0 Å². The first kappa shape index (κ1) is 12.2. The Balaban J connectivity index is 2.48. The molecular weight excluding hydrogens is 264 g/mol. The second-order valence-electron chi connectivity index (χ2n) is 4.08. The summed E-state index contributed by atoms with van der Waals surface area (Å²) in [5, 5.41) is 0.590. The molecule has 0 bridgehead atoms. The van der Waals surface area contributed by atoms with Crippen molar-refractivity contribution in [2.45, 2.75) is 0 Å². The lowest BCUT2D eigenvalue weighted by Crippen LogP contribution is -2.24. The Morgan fingerprint density at radius 3 is 2.65 bits per heavy atom. The second kappa shape index (κ2) is 4.37. The van der Waals surface area contributed by atoms with E-state index in [0.717, 1.165) is 0 Å². The summed E-state index contributed by atoms with van der Waals surface area (Å²) >= 11 is 0. The zero-order valence-corrected chi connectivity index (χ0v) is 10.7. The third-order valence-corrected chi connectivity index (χ3v) is 2.93. The predicted molar refractivity (Wildman–Crippen MR) is 70.6 cm³/mol. The fraction of sp³-hybridized carbons (Fsp3) is 0.154. The molecule has 0 atom stereocenters. The largest absolute Gasteiger partial charge is 0.496 e. The van der Waals surface area contributed by atoms with Crippen molar-refractivity contribution in [3.05, 3.63) is 39.0 Å². The molecular formula is C13H10N2O5. The number of H-pyrrole nitrogens is 1. The van der Waals surface area contributed by atoms with E-state index in [1.165, 1.54) is 14.2 Å². The monoisotopic (exact) mass is 274 g/mol. The number of ether oxygens (including phenoxy) is 2. The molecule has 7 nitrogen and oxygen atoms in total. The number of benzene rings is 1. The van der Waals surface area contributed by atoms with Gasteiger partial charge in [0.2, 0.25) is 5.89 Å². The molecule has 0 aromatic heterocycles. The number of nitrogens with zero attached hydrogens (tertiary/aromatic N) is 1. The summed E-state index contributed by atoms with van der Waals surface area (Å²) in [7, 11) is 3.02. The van der Waals surface area contributed by atoms with Crippen LogP contribution in [0.3, 0.4) is 0 Å². The number of aromatic nitrogens is 2. The summed E-state index contributed by atoms with van der Waals surface area (Å²) in [6, 6.07) is 4.87. The van der Waals surface area contributed by atoms with Crippen LogP contribution in [0, 0.1) is 0 Å². The quantitative estimate of drug-likeness (QED) is 0.700. The van der Waals surface area contributed by atoms with Gasteiger partial charge in [0.25, 0.3) is 5.56 Å². The lowest BCUT2D eigenvalue weighted by atomic mass is 10.1. The molecule has 1 aromatic carbocycles. The second-order valence-corrected chi connectivity index (χ2v) is 4.08. The van der Waals surface area contributed by atoms with Gasteiger partial charge in [0.05, 0.1) is 19.6 Å². The first-order valence-electron chi connectivity index (χ1n) is 5.72. The van der Waals surface area contributed by atoms with E-state index in [-0.39, 0.29) is 11.5 Å². The summed E-state index contributed by atoms with van der Waals surface area (Å²) in [4.78, 5) is 28.7. The van der Waals surface area contributed by atoms with Gasteiger partial charge in [0.15, 0.2) is 0 Å². The molecule has 2 aliphatic rings. The number of rotatable bonds is 2. The van der Waals surface area contributed by atoms with E-state index in [9.17, 15) is 9.59 Å². The molecule has 0 spiro atoms. The highest BCUT2D eigenvalue weighted by Gasteiger charge is 2.16. The van der Waals surface area contributed by atoms with Gasteiger partial charge in [0, 0.05) is 12.1 Å². The summed E-state index contributed by atoms with van der Waals surface area (Å²) in [5.74, 6) is 1.00. The highest BCUT2D eigenvalue weighted by atomic mass is 16.5. The van der Waals surface area contributed by atoms with Crippen LogP contribution in [-0.2, 0) is 0 Å². The van der Waals surface area contributed by atoms with E-state index in [1.54, 1.807) is 18.2 Å². The zero-order chi connectivity index (χ0) is 14.3. The molecule has 1 aromatic rings. The van der Waals surface area contributed by atoms with E-state index in [4.69, 9.17) is 13.9 Å². The van der Waals surface area contributed by atoms with Gasteiger partial charge in [-0.3, -0.25) is 9.78 Å². The number of hydrogen-bond acceptors (Lipinski definition) is 6. The van der Waals surface area contributed by atoms with Crippen molar-refractivity contribution >= 4 is 11.0 Å². The third kappa shape index (κ3) is 1.80. The molecule has 7 heteroatoms. The van der Waals surface area contributed by atoms with Gasteiger partial charge >= 0.3 is 5.69 Å². The summed E-state index contributed by atoms with van der Waals surface area (Å²) in [5.41, 5.74) is -0.712. The first-order valence-corrected chi connectivity index (χ1v) is 5.72. The van der Waals surface area contributed by atoms with E-state index in [2.05, 4.69) is 9.97 Å². The van der Waals surface area contributed by atoms with Gasteiger partial charge < -0.3 is 13.9 Å². The van der Waals surface area contributed by atoms with Crippen molar-refractivity contribution in [2.24, 2.45) is 0 Å². The zero-order valence-electron chi connectivity index (χ0n) is 10.7. The van der Waals surface area contributed by atoms with Gasteiger partial charge in [-0.05, 0) is 6.07 Å². The van der Waals surface area contributed by atoms with Crippen molar-refractivity contribution in [2.75, 3.05) is 14.2 Å². The Kier molecular flexibility index (Phi) is 2.67. The van der Waals surface area contributed by atoms with Gasteiger partial charge in [0.1, 0.15) is 22.6 Å². The minimum Gasteiger partial charge on any atom is -0.496 e. The predicted octanol–water partition coefficient (Wildman–Crippen LogP) is 0.998. The maximum absolute atomic E-state index is 11.7. The van der Waals surface area contributed by atoms with Gasteiger partial charge in [-0.15, -0.1) is 0 Å². The molecule has 2 heterocycles. The Labute approximate surface area is 112 Å². The number of hydrogen-bond donors (Lipinski definition) is 1. The molecule has 20 heavy (non-hydrogen) atoms. The van der Waals surface area contributed by atoms with E-state index in [1.807, 2.05) is 0 Å². The normalized spacial score (nSPS) is 10.9. The van der Waals surface area contributed by atoms with Crippen LogP contribution < -0.4 is 20.7 Å². The van der Waals surface area contributed by atoms with Gasteiger partial charge in [-0.2, -0.15) is 4.98 Å². The molecule has 0 radical (unpaired) electrons. The average molecular weight is 274 g/mol. The lowest BCUT2D eigenvalue weighted by Gasteiger charge is -2.10. The minimum absolute atomic E-state index is 0.0263. The molecule has 1 N–H and O–H groups in total. The standard InChI is InChI=1S/C13H10N2O5/c1-18-6-3-9(19-2)7-5-8-11(16)14-13(17)15-12(8)20-10(7)4-6/h3-5H,1-2H3,(H,14,16,17). The van der Waals surface area contributed by atoms with E-state index in [0.29, 0.717) is 22.5 Å². The van der Waals surface area contributed by atoms with Crippen molar-refractivity contribution in [1.82, 2.24) is 9.97 Å². The molecule has 2 aliphatic heterocycles. The smallest absolute Gasteiger partial charge is 0.351 e. The minimum atomic E-state index is -0.750. The van der Waals surface area contributed by atoms with Crippen LogP contribution >= 0.6 is 0 Å². The van der Waals surface area contributed by atoms with Crippen molar-refractivity contribution in [1.29, 1.82) is 0 Å².